The molecule has 14 heavy (non-hydrogen) atoms. The van der Waals surface area contributed by atoms with Crippen LogP contribution in [-0.4, -0.2) is 31.0 Å². The van der Waals surface area contributed by atoms with Crippen molar-refractivity contribution in [2.45, 2.75) is 51.5 Å². The van der Waals surface area contributed by atoms with E-state index < -0.39 is 5.79 Å². The summed E-state index contributed by atoms with van der Waals surface area (Å²) < 4.78 is 29.2. The van der Waals surface area contributed by atoms with Crippen molar-refractivity contribution in [3.8, 4) is 0 Å². The van der Waals surface area contributed by atoms with E-state index in [0.717, 1.165) is 6.42 Å². The fraction of sp³-hybridized carbons (Fsp3) is 1.00. The topological polar surface area (TPSA) is 27.7 Å². The third-order valence-electron chi connectivity index (χ3n) is 2.79. The summed E-state index contributed by atoms with van der Waals surface area (Å²) in [5.41, 5.74) is 0. The second-order valence-corrected chi connectivity index (χ2v) is 4.58. The third kappa shape index (κ3) is 1.78. The maximum absolute atomic E-state index is 12.4. The molecule has 0 N–H and O–H groups in total. The van der Waals surface area contributed by atoms with Gasteiger partial charge in [0.2, 0.25) is 0 Å². The Morgan fingerprint density at radius 2 is 2.14 bits per heavy atom. The van der Waals surface area contributed by atoms with Crippen LogP contribution in [0.15, 0.2) is 0 Å². The molecule has 2 saturated heterocycles. The average Bonchev–Trinajstić information content (AvgIpc) is 2.56. The molecule has 0 unspecified atom stereocenters. The lowest BCUT2D eigenvalue weighted by atomic mass is 10.0. The quantitative estimate of drug-likeness (QED) is 0.687. The van der Waals surface area contributed by atoms with Gasteiger partial charge >= 0.3 is 0 Å². The van der Waals surface area contributed by atoms with Crippen LogP contribution in [0.4, 0.5) is 4.39 Å². The normalized spacial score (nSPS) is 42.4. The lowest BCUT2D eigenvalue weighted by Crippen LogP contribution is -2.27. The minimum atomic E-state index is -0.556. The van der Waals surface area contributed by atoms with Gasteiger partial charge in [-0.05, 0) is 13.8 Å². The molecule has 0 bridgehead atoms. The maximum Gasteiger partial charge on any atom is 0.187 e. The summed E-state index contributed by atoms with van der Waals surface area (Å²) in [6.07, 6.45) is 0.346. The fourth-order valence-corrected chi connectivity index (χ4v) is 2.00. The Morgan fingerprint density at radius 1 is 1.43 bits per heavy atom. The van der Waals surface area contributed by atoms with Gasteiger partial charge in [0, 0.05) is 12.3 Å². The average molecular weight is 204 g/mol. The lowest BCUT2D eigenvalue weighted by Gasteiger charge is -2.22. The van der Waals surface area contributed by atoms with Crippen molar-refractivity contribution >= 4 is 0 Å². The van der Waals surface area contributed by atoms with E-state index in [1.54, 1.807) is 0 Å². The van der Waals surface area contributed by atoms with Crippen molar-refractivity contribution in [3.05, 3.63) is 0 Å². The smallest absolute Gasteiger partial charge is 0.187 e. The molecule has 0 aromatic carbocycles. The standard InChI is InChI=1S/C10H17FO3/c1-6(5-11)7-4-8-9(12-7)14-10(2,3)13-8/h6-9H,4-5H2,1-3H3/t6-,7+,8-,9-/m1/s1. The van der Waals surface area contributed by atoms with Crippen LogP contribution in [-0.2, 0) is 14.2 Å². The van der Waals surface area contributed by atoms with E-state index in [1.165, 1.54) is 0 Å². The summed E-state index contributed by atoms with van der Waals surface area (Å²) in [5.74, 6) is -0.630. The number of hydrogen-bond donors (Lipinski definition) is 0. The van der Waals surface area contributed by atoms with Crippen LogP contribution in [0.25, 0.3) is 0 Å². The molecule has 0 amide bonds. The highest BCUT2D eigenvalue weighted by molar-refractivity contribution is 4.86. The van der Waals surface area contributed by atoms with Gasteiger partial charge in [0.05, 0.1) is 12.8 Å². The summed E-state index contributed by atoms with van der Waals surface area (Å²) in [7, 11) is 0. The van der Waals surface area contributed by atoms with E-state index in [4.69, 9.17) is 14.2 Å². The van der Waals surface area contributed by atoms with Gasteiger partial charge in [-0.1, -0.05) is 6.92 Å². The molecule has 2 aliphatic rings. The molecular formula is C10H17FO3. The fourth-order valence-electron chi connectivity index (χ4n) is 2.00. The molecule has 2 fully saturated rings. The summed E-state index contributed by atoms with van der Waals surface area (Å²) in [6.45, 7) is 5.22. The number of alkyl halides is 1. The number of rotatable bonds is 2. The van der Waals surface area contributed by atoms with Gasteiger partial charge in [0.1, 0.15) is 6.10 Å². The van der Waals surface area contributed by atoms with Crippen molar-refractivity contribution in [2.24, 2.45) is 5.92 Å². The maximum atomic E-state index is 12.4. The van der Waals surface area contributed by atoms with Crippen molar-refractivity contribution in [1.82, 2.24) is 0 Å². The summed E-state index contributed by atoms with van der Waals surface area (Å²) in [4.78, 5) is 0. The second-order valence-electron chi connectivity index (χ2n) is 4.58. The van der Waals surface area contributed by atoms with Crippen LogP contribution in [0.3, 0.4) is 0 Å². The first-order valence-electron chi connectivity index (χ1n) is 5.09. The van der Waals surface area contributed by atoms with Gasteiger partial charge in [0.15, 0.2) is 12.1 Å². The Kier molecular flexibility index (Phi) is 2.53. The monoisotopic (exact) mass is 204 g/mol. The van der Waals surface area contributed by atoms with Crippen LogP contribution in [0.2, 0.25) is 0 Å². The van der Waals surface area contributed by atoms with Crippen LogP contribution in [0.1, 0.15) is 27.2 Å². The second kappa shape index (κ2) is 3.43. The first-order valence-corrected chi connectivity index (χ1v) is 5.09. The van der Waals surface area contributed by atoms with Crippen molar-refractivity contribution < 1.29 is 18.6 Å². The first-order chi connectivity index (χ1) is 6.52. The van der Waals surface area contributed by atoms with Crippen LogP contribution >= 0.6 is 0 Å². The van der Waals surface area contributed by atoms with Gasteiger partial charge < -0.3 is 14.2 Å². The summed E-state index contributed by atoms with van der Waals surface area (Å²) in [6, 6.07) is 0. The van der Waals surface area contributed by atoms with Gasteiger partial charge in [-0.2, -0.15) is 0 Å². The molecule has 2 heterocycles. The van der Waals surface area contributed by atoms with E-state index in [0.29, 0.717) is 0 Å². The van der Waals surface area contributed by atoms with Crippen LogP contribution < -0.4 is 0 Å². The largest absolute Gasteiger partial charge is 0.346 e. The molecule has 4 atom stereocenters. The van der Waals surface area contributed by atoms with Crippen molar-refractivity contribution in [2.75, 3.05) is 6.67 Å². The highest BCUT2D eigenvalue weighted by Gasteiger charge is 2.49. The zero-order valence-electron chi connectivity index (χ0n) is 8.83. The Bertz CT molecular complexity index is 203. The SMILES string of the molecule is C[C@H](CF)[C@@H]1C[C@H]2OC(C)(C)O[C@H]2O1. The number of fused-ring (bicyclic) bond motifs is 1. The van der Waals surface area contributed by atoms with E-state index >= 15 is 0 Å². The molecular weight excluding hydrogens is 187 g/mol. The van der Waals surface area contributed by atoms with Crippen LogP contribution in [0, 0.1) is 5.92 Å². The van der Waals surface area contributed by atoms with Crippen molar-refractivity contribution in [3.63, 3.8) is 0 Å². The Labute approximate surface area is 83.5 Å². The predicted octanol–water partition coefficient (Wildman–Crippen LogP) is 1.86. The number of halogens is 1. The third-order valence-corrected chi connectivity index (χ3v) is 2.79. The molecule has 82 valence electrons. The molecule has 0 aromatic heterocycles. The Morgan fingerprint density at radius 3 is 2.71 bits per heavy atom. The molecule has 3 nitrogen and oxygen atoms in total. The van der Waals surface area contributed by atoms with Gasteiger partial charge in [-0.25, -0.2) is 0 Å². The zero-order chi connectivity index (χ0) is 10.3. The van der Waals surface area contributed by atoms with E-state index in [9.17, 15) is 4.39 Å². The zero-order valence-corrected chi connectivity index (χ0v) is 8.83. The first kappa shape index (κ1) is 10.3. The molecule has 0 spiro atoms. The highest BCUT2D eigenvalue weighted by atomic mass is 19.1. The van der Waals surface area contributed by atoms with Gasteiger partial charge in [0.25, 0.3) is 0 Å². The molecule has 0 saturated carbocycles. The van der Waals surface area contributed by atoms with Gasteiger partial charge in [-0.3, -0.25) is 4.39 Å². The minimum absolute atomic E-state index is 0.0241. The molecule has 2 rings (SSSR count). The summed E-state index contributed by atoms with van der Waals surface area (Å²) >= 11 is 0. The Balaban J connectivity index is 1.93. The highest BCUT2D eigenvalue weighted by Crippen LogP contribution is 2.38. The van der Waals surface area contributed by atoms with Crippen LogP contribution in [0.5, 0.6) is 0 Å². The number of ether oxygens (including phenoxy) is 3. The molecule has 0 aromatic rings. The lowest BCUT2D eigenvalue weighted by molar-refractivity contribution is -0.209. The number of hydrogen-bond acceptors (Lipinski definition) is 3. The van der Waals surface area contributed by atoms with E-state index in [-0.39, 0.29) is 31.1 Å². The molecule has 0 radical (unpaired) electrons. The van der Waals surface area contributed by atoms with E-state index in [1.807, 2.05) is 20.8 Å². The summed E-state index contributed by atoms with van der Waals surface area (Å²) in [5, 5.41) is 0. The minimum Gasteiger partial charge on any atom is -0.346 e. The van der Waals surface area contributed by atoms with Crippen molar-refractivity contribution in [1.29, 1.82) is 0 Å². The van der Waals surface area contributed by atoms with Gasteiger partial charge in [-0.15, -0.1) is 0 Å². The molecule has 0 aliphatic carbocycles. The Hall–Kier alpha value is -0.190. The predicted molar refractivity (Wildman–Crippen MR) is 48.5 cm³/mol. The molecule has 2 aliphatic heterocycles. The molecule has 4 heteroatoms. The van der Waals surface area contributed by atoms with E-state index in [2.05, 4.69) is 0 Å².